The highest BCUT2D eigenvalue weighted by Crippen LogP contribution is 2.27. The monoisotopic (exact) mass is 402 g/mol. The second-order valence-corrected chi connectivity index (χ2v) is 7.49. The van der Waals surface area contributed by atoms with Gasteiger partial charge in [-0.3, -0.25) is 4.79 Å². The van der Waals surface area contributed by atoms with Crippen LogP contribution in [0, 0.1) is 5.92 Å². The summed E-state index contributed by atoms with van der Waals surface area (Å²) in [5.74, 6) is -0.934. The maximum absolute atomic E-state index is 11.2. The molecule has 1 N–H and O–H groups in total. The Kier molecular flexibility index (Phi) is 7.71. The molecule has 1 aliphatic rings. The van der Waals surface area contributed by atoms with Gasteiger partial charge in [-0.1, -0.05) is 35.9 Å². The molecule has 5 nitrogen and oxygen atoms in total. The zero-order valence-corrected chi connectivity index (χ0v) is 16.7. The first-order valence-electron chi connectivity index (χ1n) is 9.74. The number of nitrogens with zero attached hydrogens (tertiary/aromatic N) is 2. The van der Waals surface area contributed by atoms with Crippen molar-refractivity contribution in [2.24, 2.45) is 5.92 Å². The molecule has 0 spiro atoms. The fraction of sp³-hybridized carbons (Fsp3) is 0.409. The van der Waals surface area contributed by atoms with Crippen molar-refractivity contribution in [3.8, 4) is 0 Å². The highest BCUT2D eigenvalue weighted by atomic mass is 35.5. The summed E-state index contributed by atoms with van der Waals surface area (Å²) in [5.41, 5.74) is 2.12. The van der Waals surface area contributed by atoms with Gasteiger partial charge in [0.1, 0.15) is 0 Å². The fourth-order valence-corrected chi connectivity index (χ4v) is 3.76. The lowest BCUT2D eigenvalue weighted by Crippen LogP contribution is -2.40. The number of aliphatic carboxylic acids is 1. The zero-order valence-electron chi connectivity index (χ0n) is 16.0. The fourth-order valence-electron chi connectivity index (χ4n) is 3.57. The van der Waals surface area contributed by atoms with E-state index >= 15 is 0 Å². The summed E-state index contributed by atoms with van der Waals surface area (Å²) in [5, 5.41) is 9.90. The van der Waals surface area contributed by atoms with Gasteiger partial charge in [-0.2, -0.15) is 0 Å². The molecule has 0 amide bonds. The molecule has 3 rings (SSSR count). The third kappa shape index (κ3) is 5.96. The molecular weight excluding hydrogens is 376 g/mol. The van der Waals surface area contributed by atoms with E-state index < -0.39 is 5.97 Å². The van der Waals surface area contributed by atoms with Gasteiger partial charge < -0.3 is 19.6 Å². The van der Waals surface area contributed by atoms with Gasteiger partial charge in [0.15, 0.2) is 0 Å². The zero-order chi connectivity index (χ0) is 19.8. The molecule has 1 fully saturated rings. The predicted octanol–water partition coefficient (Wildman–Crippen LogP) is 4.29. The number of ether oxygens (including phenoxy) is 1. The lowest BCUT2D eigenvalue weighted by Gasteiger charge is -2.30. The van der Waals surface area contributed by atoms with Crippen LogP contribution in [0.15, 0.2) is 54.6 Å². The second kappa shape index (κ2) is 10.5. The van der Waals surface area contributed by atoms with Crippen molar-refractivity contribution in [3.05, 3.63) is 59.6 Å². The standard InChI is InChI=1S/C22H27ClN2O3/c23-19-7-4-10-21(16-19)25(20-8-2-1-3-9-20)13-15-28-14-12-24-11-5-6-18(17-24)22(26)27/h1-4,7-10,16,18H,5-6,11-15,17H2,(H,26,27)/t18-/m1/s1. The molecule has 0 saturated carbocycles. The number of benzene rings is 2. The predicted molar refractivity (Wildman–Crippen MR) is 113 cm³/mol. The maximum Gasteiger partial charge on any atom is 0.307 e. The molecular formula is C22H27ClN2O3. The van der Waals surface area contributed by atoms with Crippen molar-refractivity contribution in [3.63, 3.8) is 0 Å². The molecule has 1 heterocycles. The van der Waals surface area contributed by atoms with Gasteiger partial charge in [-0.25, -0.2) is 0 Å². The summed E-state index contributed by atoms with van der Waals surface area (Å²) in [7, 11) is 0. The summed E-state index contributed by atoms with van der Waals surface area (Å²) in [4.78, 5) is 15.5. The Bertz CT molecular complexity index is 756. The van der Waals surface area contributed by atoms with E-state index in [0.29, 0.717) is 31.3 Å². The van der Waals surface area contributed by atoms with Gasteiger partial charge in [0.2, 0.25) is 0 Å². The minimum Gasteiger partial charge on any atom is -0.481 e. The SMILES string of the molecule is O=C(O)[C@@H]1CCCN(CCOCCN(c2ccccc2)c2cccc(Cl)c2)C1. The average molecular weight is 403 g/mol. The number of carboxylic acid groups (broad SMARTS) is 1. The maximum atomic E-state index is 11.2. The van der Waals surface area contributed by atoms with Gasteiger partial charge >= 0.3 is 5.97 Å². The average Bonchev–Trinajstić information content (AvgIpc) is 2.71. The number of carbonyl (C=O) groups is 1. The van der Waals surface area contributed by atoms with E-state index in [1.54, 1.807) is 0 Å². The summed E-state index contributed by atoms with van der Waals surface area (Å²) in [6.07, 6.45) is 1.71. The number of piperidine rings is 1. The number of hydrogen-bond donors (Lipinski definition) is 1. The van der Waals surface area contributed by atoms with Crippen LogP contribution in [0.1, 0.15) is 12.8 Å². The lowest BCUT2D eigenvalue weighted by atomic mass is 9.98. The summed E-state index contributed by atoms with van der Waals surface area (Å²) in [6, 6.07) is 18.0. The lowest BCUT2D eigenvalue weighted by molar-refractivity contribution is -0.143. The topological polar surface area (TPSA) is 53.0 Å². The van der Waals surface area contributed by atoms with Gasteiger partial charge in [0.25, 0.3) is 0 Å². The Balaban J connectivity index is 1.50. The molecule has 150 valence electrons. The van der Waals surface area contributed by atoms with E-state index in [9.17, 15) is 9.90 Å². The number of anilines is 2. The minimum atomic E-state index is -0.689. The Morgan fingerprint density at radius 1 is 1.14 bits per heavy atom. The van der Waals surface area contributed by atoms with E-state index in [2.05, 4.69) is 21.9 Å². The molecule has 2 aromatic rings. The van der Waals surface area contributed by atoms with Gasteiger partial charge in [-0.15, -0.1) is 0 Å². The number of carboxylic acids is 1. The molecule has 0 aromatic heterocycles. The molecule has 0 bridgehead atoms. The summed E-state index contributed by atoms with van der Waals surface area (Å²) >= 11 is 6.17. The van der Waals surface area contributed by atoms with Crippen LogP contribution in [0.2, 0.25) is 5.02 Å². The minimum absolute atomic E-state index is 0.245. The van der Waals surface area contributed by atoms with Crippen LogP contribution < -0.4 is 4.90 Å². The normalized spacial score (nSPS) is 17.4. The Hall–Kier alpha value is -2.08. The summed E-state index contributed by atoms with van der Waals surface area (Å²) < 4.78 is 5.87. The second-order valence-electron chi connectivity index (χ2n) is 7.06. The largest absolute Gasteiger partial charge is 0.481 e. The number of likely N-dealkylation sites (tertiary alicyclic amines) is 1. The van der Waals surface area contributed by atoms with E-state index in [0.717, 1.165) is 37.3 Å². The first-order valence-corrected chi connectivity index (χ1v) is 10.1. The third-order valence-electron chi connectivity index (χ3n) is 5.05. The Labute approximate surface area is 171 Å². The van der Waals surface area contributed by atoms with E-state index in [1.165, 1.54) is 0 Å². The molecule has 28 heavy (non-hydrogen) atoms. The number of rotatable bonds is 9. The highest BCUT2D eigenvalue weighted by molar-refractivity contribution is 6.30. The number of para-hydroxylation sites is 1. The molecule has 1 atom stereocenters. The van der Waals surface area contributed by atoms with Crippen LogP contribution >= 0.6 is 11.6 Å². The van der Waals surface area contributed by atoms with Gasteiger partial charge in [0, 0.05) is 36.0 Å². The van der Waals surface area contributed by atoms with Crippen molar-refractivity contribution in [1.82, 2.24) is 4.90 Å². The smallest absolute Gasteiger partial charge is 0.307 e. The molecule has 0 unspecified atom stereocenters. The molecule has 0 aliphatic carbocycles. The van der Waals surface area contributed by atoms with Gasteiger partial charge in [0.05, 0.1) is 19.1 Å². The van der Waals surface area contributed by atoms with E-state index in [1.807, 2.05) is 42.5 Å². The van der Waals surface area contributed by atoms with Crippen molar-refractivity contribution in [2.75, 3.05) is 44.3 Å². The first-order chi connectivity index (χ1) is 13.6. The summed E-state index contributed by atoms with van der Waals surface area (Å²) in [6.45, 7) is 4.24. The number of halogens is 1. The van der Waals surface area contributed by atoms with Crippen LogP contribution in [0.3, 0.4) is 0 Å². The van der Waals surface area contributed by atoms with E-state index in [4.69, 9.17) is 16.3 Å². The Morgan fingerprint density at radius 2 is 1.93 bits per heavy atom. The van der Waals surface area contributed by atoms with Crippen LogP contribution in [-0.4, -0.2) is 55.4 Å². The third-order valence-corrected chi connectivity index (χ3v) is 5.29. The molecule has 2 aromatic carbocycles. The van der Waals surface area contributed by atoms with Crippen molar-refractivity contribution in [1.29, 1.82) is 0 Å². The molecule has 1 saturated heterocycles. The van der Waals surface area contributed by atoms with Crippen molar-refractivity contribution >= 4 is 28.9 Å². The molecule has 1 aliphatic heterocycles. The highest BCUT2D eigenvalue weighted by Gasteiger charge is 2.24. The number of hydrogen-bond acceptors (Lipinski definition) is 4. The quantitative estimate of drug-likeness (QED) is 0.634. The molecule has 6 heteroatoms. The van der Waals surface area contributed by atoms with E-state index in [-0.39, 0.29) is 5.92 Å². The molecule has 0 radical (unpaired) electrons. The van der Waals surface area contributed by atoms with Crippen molar-refractivity contribution in [2.45, 2.75) is 12.8 Å². The van der Waals surface area contributed by atoms with Crippen LogP contribution in [0.25, 0.3) is 0 Å². The van der Waals surface area contributed by atoms with Crippen LogP contribution in [-0.2, 0) is 9.53 Å². The van der Waals surface area contributed by atoms with Crippen molar-refractivity contribution < 1.29 is 14.6 Å². The Morgan fingerprint density at radius 3 is 2.68 bits per heavy atom. The van der Waals surface area contributed by atoms with Crippen LogP contribution in [0.4, 0.5) is 11.4 Å². The first kappa shape index (κ1) is 20.6. The van der Waals surface area contributed by atoms with Gasteiger partial charge in [-0.05, 0) is 49.7 Å². The van der Waals surface area contributed by atoms with Crippen LogP contribution in [0.5, 0.6) is 0 Å².